The quantitative estimate of drug-likeness (QED) is 0.332. The van der Waals surface area contributed by atoms with Crippen LogP contribution in [0, 0.1) is 11.8 Å². The Hall–Kier alpha value is -0.730. The van der Waals surface area contributed by atoms with Crippen LogP contribution >= 0.6 is 24.0 Å². The molecule has 2 aliphatic rings. The number of likely N-dealkylation sites (tertiary alicyclic amines) is 1. The molecule has 146 valence electrons. The molecule has 2 amide bonds. The highest BCUT2D eigenvalue weighted by atomic mass is 127. The number of hydrogen-bond acceptors (Lipinski definition) is 2. The van der Waals surface area contributed by atoms with E-state index in [0.717, 1.165) is 56.8 Å². The first-order chi connectivity index (χ1) is 11.6. The molecule has 0 aromatic carbocycles. The van der Waals surface area contributed by atoms with Crippen LogP contribution in [0.2, 0.25) is 0 Å². The molecule has 0 aromatic rings. The molecular formula is C18H36IN5O. The average Bonchev–Trinajstić information content (AvgIpc) is 2.55. The molecule has 0 spiro atoms. The molecule has 0 bridgehead atoms. The fourth-order valence-electron chi connectivity index (χ4n) is 3.94. The summed E-state index contributed by atoms with van der Waals surface area (Å²) in [4.78, 5) is 17.7. The van der Waals surface area contributed by atoms with Gasteiger partial charge in [0.1, 0.15) is 0 Å². The second kappa shape index (κ2) is 11.8. The van der Waals surface area contributed by atoms with E-state index >= 15 is 0 Å². The molecule has 0 aromatic heterocycles. The summed E-state index contributed by atoms with van der Waals surface area (Å²) in [6.07, 6.45) is 8.56. The number of aliphatic imine (C=N–C) groups is 1. The molecule has 6 nitrogen and oxygen atoms in total. The number of carbonyl (C=O) groups is 1. The number of hydrogen-bond donors (Lipinski definition) is 3. The maximum atomic E-state index is 11.2. The Morgan fingerprint density at radius 2 is 1.96 bits per heavy atom. The standard InChI is InChI=1S/C18H35N5O.HI/c1-3-20-18(21-10-7-15-6-4-5-14(2)13-15)22-16-8-11-23(12-9-16)17(19)24;/h14-16H,3-13H2,1-2H3,(H2,19,24)(H2,20,21,22);1H. The van der Waals surface area contributed by atoms with E-state index in [2.05, 4.69) is 24.5 Å². The first-order valence-electron chi connectivity index (χ1n) is 9.67. The van der Waals surface area contributed by atoms with E-state index in [1.807, 2.05) is 0 Å². The lowest BCUT2D eigenvalue weighted by Gasteiger charge is -2.32. The number of guanidine groups is 1. The predicted octanol–water partition coefficient (Wildman–Crippen LogP) is 2.92. The number of piperidine rings is 1. The molecule has 7 heteroatoms. The zero-order chi connectivity index (χ0) is 17.4. The molecule has 25 heavy (non-hydrogen) atoms. The fourth-order valence-corrected chi connectivity index (χ4v) is 3.94. The van der Waals surface area contributed by atoms with E-state index in [1.54, 1.807) is 4.90 Å². The summed E-state index contributed by atoms with van der Waals surface area (Å²) in [7, 11) is 0. The molecule has 1 aliphatic carbocycles. The number of amides is 2. The third-order valence-corrected chi connectivity index (χ3v) is 5.34. The van der Waals surface area contributed by atoms with Gasteiger partial charge in [-0.3, -0.25) is 4.99 Å². The number of carbonyl (C=O) groups excluding carboxylic acids is 1. The topological polar surface area (TPSA) is 82.8 Å². The van der Waals surface area contributed by atoms with Gasteiger partial charge in [-0.15, -0.1) is 24.0 Å². The van der Waals surface area contributed by atoms with Gasteiger partial charge in [0.25, 0.3) is 0 Å². The van der Waals surface area contributed by atoms with Gasteiger partial charge in [0.2, 0.25) is 0 Å². The molecule has 2 atom stereocenters. The number of halogens is 1. The first-order valence-corrected chi connectivity index (χ1v) is 9.67. The Kier molecular flexibility index (Phi) is 10.5. The Labute approximate surface area is 169 Å². The van der Waals surface area contributed by atoms with Crippen molar-refractivity contribution in [1.82, 2.24) is 15.5 Å². The lowest BCUT2D eigenvalue weighted by atomic mass is 9.81. The van der Waals surface area contributed by atoms with Gasteiger partial charge in [0.05, 0.1) is 0 Å². The van der Waals surface area contributed by atoms with E-state index in [0.29, 0.717) is 6.04 Å². The van der Waals surface area contributed by atoms with Crippen LogP contribution in [0.15, 0.2) is 4.99 Å². The maximum absolute atomic E-state index is 11.2. The Morgan fingerprint density at radius 1 is 1.24 bits per heavy atom. The van der Waals surface area contributed by atoms with Gasteiger partial charge in [-0.25, -0.2) is 4.79 Å². The lowest BCUT2D eigenvalue weighted by molar-refractivity contribution is 0.188. The van der Waals surface area contributed by atoms with E-state index in [9.17, 15) is 4.79 Å². The molecule has 2 rings (SSSR count). The highest BCUT2D eigenvalue weighted by Crippen LogP contribution is 2.30. The molecule has 4 N–H and O–H groups in total. The molecule has 1 aliphatic heterocycles. The van der Waals surface area contributed by atoms with Crippen LogP contribution in [0.5, 0.6) is 0 Å². The third kappa shape index (κ3) is 8.00. The van der Waals surface area contributed by atoms with Gasteiger partial charge in [-0.1, -0.05) is 26.2 Å². The predicted molar refractivity (Wildman–Crippen MR) is 114 cm³/mol. The number of rotatable bonds is 5. The largest absolute Gasteiger partial charge is 0.357 e. The SMILES string of the molecule is CCNC(=NCCC1CCCC(C)C1)NC1CCN(C(N)=O)CC1.I. The zero-order valence-electron chi connectivity index (χ0n) is 15.8. The molecule has 1 saturated carbocycles. The van der Waals surface area contributed by atoms with Crippen molar-refractivity contribution in [2.45, 2.75) is 64.8 Å². The molecular weight excluding hydrogens is 429 g/mol. The van der Waals surface area contributed by atoms with Gasteiger partial charge in [0, 0.05) is 32.2 Å². The minimum atomic E-state index is -0.310. The van der Waals surface area contributed by atoms with Crippen molar-refractivity contribution in [1.29, 1.82) is 0 Å². The summed E-state index contributed by atoms with van der Waals surface area (Å²) in [5.74, 6) is 2.65. The summed E-state index contributed by atoms with van der Waals surface area (Å²) in [6, 6.07) is 0.0591. The molecule has 1 saturated heterocycles. The van der Waals surface area contributed by atoms with Crippen LogP contribution < -0.4 is 16.4 Å². The Balaban J connectivity index is 0.00000312. The van der Waals surface area contributed by atoms with Crippen LogP contribution in [0.1, 0.15) is 58.8 Å². The number of nitrogens with one attached hydrogen (secondary N) is 2. The summed E-state index contributed by atoms with van der Waals surface area (Å²) in [5.41, 5.74) is 5.34. The van der Waals surface area contributed by atoms with Crippen LogP contribution in [0.3, 0.4) is 0 Å². The summed E-state index contributed by atoms with van der Waals surface area (Å²) in [6.45, 7) is 7.69. The normalized spacial score (nSPS) is 25.2. The van der Waals surface area contributed by atoms with Gasteiger partial charge >= 0.3 is 6.03 Å². The van der Waals surface area contributed by atoms with Crippen molar-refractivity contribution in [3.8, 4) is 0 Å². The minimum absolute atomic E-state index is 0. The van der Waals surface area contributed by atoms with Crippen LogP contribution in [0.4, 0.5) is 4.79 Å². The summed E-state index contributed by atoms with van der Waals surface area (Å²) < 4.78 is 0. The zero-order valence-corrected chi connectivity index (χ0v) is 18.1. The molecule has 2 unspecified atom stereocenters. The van der Waals surface area contributed by atoms with Crippen LogP contribution in [0.25, 0.3) is 0 Å². The lowest BCUT2D eigenvalue weighted by Crippen LogP contribution is -2.50. The number of nitrogens with zero attached hydrogens (tertiary/aromatic N) is 2. The van der Waals surface area contributed by atoms with Gasteiger partial charge in [0.15, 0.2) is 5.96 Å². The highest BCUT2D eigenvalue weighted by Gasteiger charge is 2.22. The number of nitrogens with two attached hydrogens (primary N) is 1. The minimum Gasteiger partial charge on any atom is -0.357 e. The average molecular weight is 465 g/mol. The monoisotopic (exact) mass is 465 g/mol. The number of urea groups is 1. The van der Waals surface area contributed by atoms with Crippen molar-refractivity contribution in [2.75, 3.05) is 26.2 Å². The molecule has 0 radical (unpaired) electrons. The summed E-state index contributed by atoms with van der Waals surface area (Å²) in [5, 5.41) is 6.87. The Bertz CT molecular complexity index is 424. The van der Waals surface area contributed by atoms with Gasteiger partial charge in [-0.05, 0) is 44.4 Å². The molecule has 2 fully saturated rings. The first kappa shape index (κ1) is 22.3. The van der Waals surface area contributed by atoms with E-state index in [1.165, 1.54) is 32.1 Å². The van der Waals surface area contributed by atoms with Crippen LogP contribution in [-0.4, -0.2) is 49.1 Å². The van der Waals surface area contributed by atoms with Gasteiger partial charge in [-0.2, -0.15) is 0 Å². The van der Waals surface area contributed by atoms with Gasteiger partial charge < -0.3 is 21.3 Å². The molecule has 1 heterocycles. The fraction of sp³-hybridized carbons (Fsp3) is 0.889. The van der Waals surface area contributed by atoms with E-state index in [4.69, 9.17) is 10.7 Å². The second-order valence-corrected chi connectivity index (χ2v) is 7.43. The maximum Gasteiger partial charge on any atom is 0.314 e. The highest BCUT2D eigenvalue weighted by molar-refractivity contribution is 14.0. The van der Waals surface area contributed by atoms with Crippen molar-refractivity contribution >= 4 is 36.0 Å². The van der Waals surface area contributed by atoms with E-state index in [-0.39, 0.29) is 30.0 Å². The van der Waals surface area contributed by atoms with E-state index < -0.39 is 0 Å². The van der Waals surface area contributed by atoms with Crippen LogP contribution in [-0.2, 0) is 0 Å². The Morgan fingerprint density at radius 3 is 2.56 bits per heavy atom. The van der Waals surface area contributed by atoms with Crippen molar-refractivity contribution < 1.29 is 4.79 Å². The second-order valence-electron chi connectivity index (χ2n) is 7.43. The van der Waals surface area contributed by atoms with Crippen molar-refractivity contribution in [2.24, 2.45) is 22.6 Å². The summed E-state index contributed by atoms with van der Waals surface area (Å²) >= 11 is 0. The number of primary amides is 1. The third-order valence-electron chi connectivity index (χ3n) is 5.34. The smallest absolute Gasteiger partial charge is 0.314 e. The van der Waals surface area contributed by atoms with Crippen molar-refractivity contribution in [3.63, 3.8) is 0 Å². The van der Waals surface area contributed by atoms with Crippen molar-refractivity contribution in [3.05, 3.63) is 0 Å².